The third-order valence-corrected chi connectivity index (χ3v) is 6.38. The third kappa shape index (κ3) is 3.54. The lowest BCUT2D eigenvalue weighted by molar-refractivity contribution is -0.121. The first-order valence-corrected chi connectivity index (χ1v) is 10.7. The second-order valence-corrected chi connectivity index (χ2v) is 8.67. The molecule has 9 heteroatoms. The summed E-state index contributed by atoms with van der Waals surface area (Å²) < 4.78 is 39.8. The molecule has 1 aliphatic carbocycles. The van der Waals surface area contributed by atoms with E-state index in [1.165, 1.54) is 6.20 Å². The van der Waals surface area contributed by atoms with Crippen molar-refractivity contribution < 1.29 is 18.0 Å². The van der Waals surface area contributed by atoms with Crippen LogP contribution in [0, 0.1) is 11.3 Å². The summed E-state index contributed by atoms with van der Waals surface area (Å²) >= 11 is 1.58. The highest BCUT2D eigenvalue weighted by Crippen LogP contribution is 2.48. The number of alkyl halides is 3. The van der Waals surface area contributed by atoms with Crippen LogP contribution in [-0.4, -0.2) is 34.3 Å². The summed E-state index contributed by atoms with van der Waals surface area (Å²) in [6.45, 7) is 2.01. The molecule has 0 N–H and O–H groups in total. The Morgan fingerprint density at radius 2 is 2.00 bits per heavy atom. The van der Waals surface area contributed by atoms with E-state index in [9.17, 15) is 23.2 Å². The summed E-state index contributed by atoms with van der Waals surface area (Å²) in [6, 6.07) is 6.02. The smallest absolute Gasteiger partial charge is 0.274 e. The number of rotatable bonds is 6. The van der Waals surface area contributed by atoms with Gasteiger partial charge in [0.25, 0.3) is 6.43 Å². The van der Waals surface area contributed by atoms with E-state index < -0.39 is 24.0 Å². The molecular weight excluding hydrogens is 413 g/mol. The van der Waals surface area contributed by atoms with Gasteiger partial charge < -0.3 is 0 Å². The van der Waals surface area contributed by atoms with Crippen molar-refractivity contribution in [3.63, 3.8) is 0 Å². The number of amides is 1. The number of aromatic nitrogens is 2. The van der Waals surface area contributed by atoms with Crippen LogP contribution < -0.4 is 4.90 Å². The van der Waals surface area contributed by atoms with Gasteiger partial charge in [0.2, 0.25) is 12.2 Å². The second-order valence-electron chi connectivity index (χ2n) is 7.37. The monoisotopic (exact) mass is 432 g/mol. The van der Waals surface area contributed by atoms with E-state index in [0.29, 0.717) is 28.3 Å². The van der Waals surface area contributed by atoms with Crippen LogP contribution in [0.2, 0.25) is 0 Å². The Hall–Kier alpha value is -2.60. The van der Waals surface area contributed by atoms with Crippen LogP contribution in [0.1, 0.15) is 37.3 Å². The molecule has 0 radical (unpaired) electrons. The van der Waals surface area contributed by atoms with Crippen molar-refractivity contribution in [2.24, 2.45) is 0 Å². The summed E-state index contributed by atoms with van der Waals surface area (Å²) in [6.07, 6.45) is -1.13. The Morgan fingerprint density at radius 3 is 2.63 bits per heavy atom. The van der Waals surface area contributed by atoms with Crippen molar-refractivity contribution >= 4 is 23.4 Å². The molecular formula is C21H19F3N4OS. The summed E-state index contributed by atoms with van der Waals surface area (Å²) in [7, 11) is 0. The van der Waals surface area contributed by atoms with Crippen molar-refractivity contribution in [3.8, 4) is 17.5 Å². The zero-order chi connectivity index (χ0) is 21.5. The van der Waals surface area contributed by atoms with E-state index in [1.54, 1.807) is 24.0 Å². The van der Waals surface area contributed by atoms with E-state index in [1.807, 2.05) is 13.0 Å². The zero-order valence-corrected chi connectivity index (χ0v) is 17.1. The number of nitriles is 1. The van der Waals surface area contributed by atoms with Gasteiger partial charge in [0.1, 0.15) is 5.69 Å². The molecule has 1 unspecified atom stereocenters. The normalized spacial score (nSPS) is 18.1. The van der Waals surface area contributed by atoms with Crippen molar-refractivity contribution in [1.82, 2.24) is 9.97 Å². The molecule has 0 aromatic carbocycles. The van der Waals surface area contributed by atoms with Gasteiger partial charge in [-0.3, -0.25) is 19.7 Å². The first-order chi connectivity index (χ1) is 14.4. The predicted octanol–water partition coefficient (Wildman–Crippen LogP) is 4.65. The standard InChI is InChI=1S/C21H19F3N4OS/c1-2-30-16-8-13(21(11-25)5-6-21)9-27-18(16)14-7-12-3-4-17(29)28(15(12)10-26-14)20(24)19(22)23/h7-10,19-20H,2-6H2,1H3. The van der Waals surface area contributed by atoms with Gasteiger partial charge in [-0.05, 0) is 48.3 Å². The summed E-state index contributed by atoms with van der Waals surface area (Å²) in [4.78, 5) is 22.3. The van der Waals surface area contributed by atoms with Gasteiger partial charge in [-0.1, -0.05) is 6.92 Å². The Bertz CT molecular complexity index is 1040. The molecule has 156 valence electrons. The molecule has 1 amide bonds. The van der Waals surface area contributed by atoms with Crippen LogP contribution in [0.5, 0.6) is 0 Å². The number of carbonyl (C=O) groups is 1. The zero-order valence-electron chi connectivity index (χ0n) is 16.2. The van der Waals surface area contributed by atoms with E-state index in [0.717, 1.165) is 29.1 Å². The highest BCUT2D eigenvalue weighted by molar-refractivity contribution is 7.99. The van der Waals surface area contributed by atoms with Gasteiger partial charge in [0.15, 0.2) is 0 Å². The van der Waals surface area contributed by atoms with Gasteiger partial charge in [0.05, 0.1) is 29.1 Å². The van der Waals surface area contributed by atoms with Gasteiger partial charge in [-0.15, -0.1) is 11.8 Å². The highest BCUT2D eigenvalue weighted by atomic mass is 32.2. The fourth-order valence-corrected chi connectivity index (χ4v) is 4.49. The summed E-state index contributed by atoms with van der Waals surface area (Å²) in [5.74, 6) is 0.115. The number of anilines is 1. The van der Waals surface area contributed by atoms with Crippen molar-refractivity contribution in [2.45, 2.75) is 55.6 Å². The minimum Gasteiger partial charge on any atom is -0.274 e. The van der Waals surface area contributed by atoms with Crippen LogP contribution in [0.3, 0.4) is 0 Å². The Kier molecular flexibility index (Phi) is 5.45. The molecule has 1 aliphatic heterocycles. The van der Waals surface area contributed by atoms with Gasteiger partial charge in [-0.2, -0.15) is 5.26 Å². The van der Waals surface area contributed by atoms with E-state index in [4.69, 9.17) is 0 Å². The van der Waals surface area contributed by atoms with Crippen LogP contribution >= 0.6 is 11.8 Å². The number of nitrogens with zero attached hydrogens (tertiary/aromatic N) is 4. The first-order valence-electron chi connectivity index (χ1n) is 9.68. The Morgan fingerprint density at radius 1 is 1.23 bits per heavy atom. The van der Waals surface area contributed by atoms with Crippen LogP contribution in [-0.2, 0) is 16.6 Å². The molecule has 1 fully saturated rings. The Balaban J connectivity index is 1.74. The molecule has 0 bridgehead atoms. The third-order valence-electron chi connectivity index (χ3n) is 5.47. The topological polar surface area (TPSA) is 69.9 Å². The second kappa shape index (κ2) is 7.91. The minimum absolute atomic E-state index is 0.0444. The van der Waals surface area contributed by atoms with E-state index in [-0.39, 0.29) is 12.1 Å². The van der Waals surface area contributed by atoms with Crippen LogP contribution in [0.4, 0.5) is 18.9 Å². The number of pyridine rings is 2. The van der Waals surface area contributed by atoms with Crippen molar-refractivity contribution in [3.05, 3.63) is 35.7 Å². The maximum Gasteiger partial charge on any atom is 0.288 e. The van der Waals surface area contributed by atoms with Crippen molar-refractivity contribution in [2.75, 3.05) is 10.7 Å². The van der Waals surface area contributed by atoms with Crippen molar-refractivity contribution in [1.29, 1.82) is 5.26 Å². The summed E-state index contributed by atoms with van der Waals surface area (Å²) in [5.41, 5.74) is 2.24. The number of halogens is 3. The average Bonchev–Trinajstić information content (AvgIpc) is 3.54. The number of carbonyl (C=O) groups excluding carboxylic acids is 1. The number of aryl methyl sites for hydroxylation is 1. The largest absolute Gasteiger partial charge is 0.288 e. The highest BCUT2D eigenvalue weighted by Gasteiger charge is 2.45. The molecule has 2 aromatic rings. The van der Waals surface area contributed by atoms with Gasteiger partial charge in [-0.25, -0.2) is 13.2 Å². The molecule has 30 heavy (non-hydrogen) atoms. The number of hydrogen-bond acceptors (Lipinski definition) is 5. The summed E-state index contributed by atoms with van der Waals surface area (Å²) in [5, 5.41) is 9.47. The Labute approximate surface area is 176 Å². The van der Waals surface area contributed by atoms with Crippen LogP contribution in [0.25, 0.3) is 11.4 Å². The molecule has 1 saturated carbocycles. The fourth-order valence-electron chi connectivity index (χ4n) is 3.67. The number of hydrogen-bond donors (Lipinski definition) is 0. The lowest BCUT2D eigenvalue weighted by Crippen LogP contribution is -2.44. The molecule has 2 aliphatic rings. The molecule has 4 rings (SSSR count). The lowest BCUT2D eigenvalue weighted by atomic mass is 9.98. The molecule has 0 spiro atoms. The SMILES string of the molecule is CCSc1cc(C2(C#N)CC2)cnc1-c1cc2c(cn1)N(C(F)C(F)F)C(=O)CC2. The van der Waals surface area contributed by atoms with Gasteiger partial charge in [0, 0.05) is 17.5 Å². The van der Waals surface area contributed by atoms with E-state index in [2.05, 4.69) is 16.0 Å². The fraction of sp³-hybridized carbons (Fsp3) is 0.429. The van der Waals surface area contributed by atoms with Crippen LogP contribution in [0.15, 0.2) is 29.4 Å². The minimum atomic E-state index is -3.30. The molecule has 1 atom stereocenters. The average molecular weight is 432 g/mol. The molecule has 2 aromatic heterocycles. The molecule has 0 saturated heterocycles. The number of fused-ring (bicyclic) bond motifs is 1. The molecule has 3 heterocycles. The lowest BCUT2D eigenvalue weighted by Gasteiger charge is -2.31. The predicted molar refractivity (Wildman–Crippen MR) is 107 cm³/mol. The van der Waals surface area contributed by atoms with Gasteiger partial charge >= 0.3 is 0 Å². The first kappa shape index (κ1) is 20.7. The molecule has 5 nitrogen and oxygen atoms in total. The van der Waals surface area contributed by atoms with E-state index >= 15 is 0 Å². The maximum absolute atomic E-state index is 14.0. The number of thioether (sulfide) groups is 1. The quantitative estimate of drug-likeness (QED) is 0.491. The maximum atomic E-state index is 14.0.